The maximum Gasteiger partial charge on any atom is 0.0416 e. The first-order valence-electron chi connectivity index (χ1n) is 3.55. The lowest BCUT2D eigenvalue weighted by Crippen LogP contribution is -1.96. The van der Waals surface area contributed by atoms with Crippen LogP contribution in [0.4, 0.5) is 0 Å². The van der Waals surface area contributed by atoms with Crippen LogP contribution in [0.2, 0.25) is 19.1 Å². The average molecular weight is 141 g/mol. The van der Waals surface area contributed by atoms with Crippen LogP contribution in [0.25, 0.3) is 0 Å². The molecule has 9 heavy (non-hydrogen) atoms. The second-order valence-electron chi connectivity index (χ2n) is 3.03. The predicted octanol–water partition coefficient (Wildman–Crippen LogP) is 3.10. The van der Waals surface area contributed by atoms with Crippen molar-refractivity contribution in [3.8, 4) is 0 Å². The number of hydrogen-bond acceptors (Lipinski definition) is 0. The van der Waals surface area contributed by atoms with Crippen molar-refractivity contribution < 1.29 is 0 Å². The molecular weight excluding hydrogens is 124 g/mol. The molecule has 0 spiro atoms. The van der Waals surface area contributed by atoms with E-state index in [2.05, 4.69) is 33.0 Å². The Morgan fingerprint density at radius 3 is 2.22 bits per heavy atom. The molecule has 0 saturated heterocycles. The SMILES string of the molecule is CC(C)=CCC[Si](C)C. The van der Waals surface area contributed by atoms with Crippen molar-refractivity contribution in [2.75, 3.05) is 0 Å². The summed E-state index contributed by atoms with van der Waals surface area (Å²) in [4.78, 5) is 0. The molecule has 0 unspecified atom stereocenters. The largest absolute Gasteiger partial charge is 0.0862 e. The lowest BCUT2D eigenvalue weighted by molar-refractivity contribution is 1.15. The van der Waals surface area contributed by atoms with Gasteiger partial charge in [-0.1, -0.05) is 30.8 Å². The number of rotatable bonds is 3. The highest BCUT2D eigenvalue weighted by molar-refractivity contribution is 6.55. The topological polar surface area (TPSA) is 0 Å². The molecule has 0 aliphatic carbocycles. The summed E-state index contributed by atoms with van der Waals surface area (Å²) in [5.74, 6) is 0. The Morgan fingerprint density at radius 1 is 1.33 bits per heavy atom. The molecule has 0 bridgehead atoms. The fourth-order valence-corrected chi connectivity index (χ4v) is 1.37. The molecule has 0 aliphatic heterocycles. The van der Waals surface area contributed by atoms with Crippen molar-refractivity contribution in [3.05, 3.63) is 11.6 Å². The number of allylic oxidation sites excluding steroid dienone is 2. The molecule has 0 nitrogen and oxygen atoms in total. The Morgan fingerprint density at radius 2 is 1.89 bits per heavy atom. The first-order valence-corrected chi connectivity index (χ1v) is 6.26. The first-order chi connectivity index (χ1) is 4.13. The Hall–Kier alpha value is -0.0431. The van der Waals surface area contributed by atoms with Crippen LogP contribution in [0, 0.1) is 0 Å². The van der Waals surface area contributed by atoms with Gasteiger partial charge in [-0.05, 0) is 20.3 Å². The zero-order valence-corrected chi connectivity index (χ0v) is 7.99. The molecule has 0 amide bonds. The summed E-state index contributed by atoms with van der Waals surface area (Å²) in [7, 11) is 0.0252. The molecular formula is C8H17Si. The standard InChI is InChI=1S/C8H17Si/c1-8(2)6-5-7-9(3)4/h6H,5,7H2,1-4H3. The molecule has 0 rings (SSSR count). The molecule has 1 heteroatoms. The lowest BCUT2D eigenvalue weighted by atomic mass is 10.3. The molecule has 0 aliphatic rings. The predicted molar refractivity (Wildman–Crippen MR) is 46.3 cm³/mol. The highest BCUT2D eigenvalue weighted by Gasteiger charge is 1.91. The van der Waals surface area contributed by atoms with E-state index in [4.69, 9.17) is 0 Å². The van der Waals surface area contributed by atoms with Crippen LogP contribution in [0.1, 0.15) is 20.3 Å². The maximum atomic E-state index is 2.36. The van der Waals surface area contributed by atoms with Crippen molar-refractivity contribution in [1.29, 1.82) is 0 Å². The fraction of sp³-hybridized carbons (Fsp3) is 0.750. The molecule has 0 heterocycles. The smallest absolute Gasteiger partial charge is 0.0416 e. The van der Waals surface area contributed by atoms with Gasteiger partial charge in [-0.2, -0.15) is 0 Å². The molecule has 1 radical (unpaired) electrons. The van der Waals surface area contributed by atoms with E-state index in [0.717, 1.165) is 0 Å². The quantitative estimate of drug-likeness (QED) is 0.418. The summed E-state index contributed by atoms with van der Waals surface area (Å²) in [5, 5.41) is 0. The van der Waals surface area contributed by atoms with Crippen LogP contribution in [0.3, 0.4) is 0 Å². The zero-order valence-electron chi connectivity index (χ0n) is 6.99. The minimum Gasteiger partial charge on any atom is -0.0862 e. The number of hydrogen-bond donors (Lipinski definition) is 0. The Bertz CT molecular complexity index is 88.7. The summed E-state index contributed by atoms with van der Waals surface area (Å²) in [6.07, 6.45) is 3.63. The molecule has 0 aromatic rings. The average Bonchev–Trinajstić information content (AvgIpc) is 1.63. The van der Waals surface area contributed by atoms with Gasteiger partial charge in [0.25, 0.3) is 0 Å². The van der Waals surface area contributed by atoms with Gasteiger partial charge in [0.1, 0.15) is 0 Å². The van der Waals surface area contributed by atoms with E-state index < -0.39 is 0 Å². The van der Waals surface area contributed by atoms with Crippen molar-refractivity contribution in [2.24, 2.45) is 0 Å². The van der Waals surface area contributed by atoms with Crippen LogP contribution in [-0.2, 0) is 0 Å². The van der Waals surface area contributed by atoms with Gasteiger partial charge in [0, 0.05) is 8.80 Å². The van der Waals surface area contributed by atoms with E-state index in [1.807, 2.05) is 0 Å². The van der Waals surface area contributed by atoms with E-state index in [-0.39, 0.29) is 8.80 Å². The highest BCUT2D eigenvalue weighted by atomic mass is 28.3. The Balaban J connectivity index is 3.20. The first kappa shape index (κ1) is 8.96. The van der Waals surface area contributed by atoms with Crippen LogP contribution in [0.5, 0.6) is 0 Å². The molecule has 0 aromatic heterocycles. The third-order valence-electron chi connectivity index (χ3n) is 1.20. The van der Waals surface area contributed by atoms with Gasteiger partial charge in [0.15, 0.2) is 0 Å². The summed E-state index contributed by atoms with van der Waals surface area (Å²) in [6, 6.07) is 1.43. The maximum absolute atomic E-state index is 2.36. The van der Waals surface area contributed by atoms with Gasteiger partial charge in [0.2, 0.25) is 0 Å². The highest BCUT2D eigenvalue weighted by Crippen LogP contribution is 2.00. The normalized spacial score (nSPS) is 9.89. The van der Waals surface area contributed by atoms with Gasteiger partial charge >= 0.3 is 0 Å². The van der Waals surface area contributed by atoms with Crippen LogP contribution in [-0.4, -0.2) is 8.80 Å². The van der Waals surface area contributed by atoms with Crippen molar-refractivity contribution in [3.63, 3.8) is 0 Å². The molecule has 0 fully saturated rings. The molecule has 53 valence electrons. The van der Waals surface area contributed by atoms with Gasteiger partial charge in [-0.15, -0.1) is 0 Å². The van der Waals surface area contributed by atoms with Crippen LogP contribution >= 0.6 is 0 Å². The minimum absolute atomic E-state index is 0.0252. The molecule has 0 atom stereocenters. The zero-order chi connectivity index (χ0) is 7.28. The Labute approximate surface area is 60.6 Å². The van der Waals surface area contributed by atoms with Gasteiger partial charge in [-0.25, -0.2) is 0 Å². The molecule has 0 saturated carbocycles. The molecule has 0 aromatic carbocycles. The van der Waals surface area contributed by atoms with Crippen molar-refractivity contribution >= 4 is 8.80 Å². The van der Waals surface area contributed by atoms with E-state index in [9.17, 15) is 0 Å². The fourth-order valence-electron chi connectivity index (χ4n) is 0.650. The summed E-state index contributed by atoms with van der Waals surface area (Å²) in [6.45, 7) is 9.06. The van der Waals surface area contributed by atoms with Crippen LogP contribution in [0.15, 0.2) is 11.6 Å². The van der Waals surface area contributed by atoms with Gasteiger partial charge < -0.3 is 0 Å². The summed E-state index contributed by atoms with van der Waals surface area (Å²) < 4.78 is 0. The second-order valence-corrected chi connectivity index (χ2v) is 5.94. The van der Waals surface area contributed by atoms with Crippen molar-refractivity contribution in [1.82, 2.24) is 0 Å². The monoisotopic (exact) mass is 141 g/mol. The molecule has 0 N–H and O–H groups in total. The third kappa shape index (κ3) is 7.96. The lowest BCUT2D eigenvalue weighted by Gasteiger charge is -1.97. The summed E-state index contributed by atoms with van der Waals surface area (Å²) in [5.41, 5.74) is 1.46. The Kier molecular flexibility index (Phi) is 4.78. The van der Waals surface area contributed by atoms with E-state index in [0.29, 0.717) is 0 Å². The van der Waals surface area contributed by atoms with Crippen molar-refractivity contribution in [2.45, 2.75) is 39.4 Å². The van der Waals surface area contributed by atoms with E-state index in [1.54, 1.807) is 0 Å². The van der Waals surface area contributed by atoms with E-state index in [1.165, 1.54) is 18.0 Å². The minimum atomic E-state index is 0.0252. The van der Waals surface area contributed by atoms with E-state index >= 15 is 0 Å². The van der Waals surface area contributed by atoms with Gasteiger partial charge in [-0.3, -0.25) is 0 Å². The van der Waals surface area contributed by atoms with Crippen LogP contribution < -0.4 is 0 Å². The second kappa shape index (κ2) is 4.80. The van der Waals surface area contributed by atoms with Gasteiger partial charge in [0.05, 0.1) is 0 Å². The third-order valence-corrected chi connectivity index (χ3v) is 2.49. The summed E-state index contributed by atoms with van der Waals surface area (Å²) >= 11 is 0.